The number of ether oxygens (including phenoxy) is 1. The summed E-state index contributed by atoms with van der Waals surface area (Å²) in [5, 5.41) is 6.70. The molecule has 0 radical (unpaired) electrons. The van der Waals surface area contributed by atoms with E-state index in [0.29, 0.717) is 22.8 Å². The van der Waals surface area contributed by atoms with Gasteiger partial charge in [0.05, 0.1) is 5.02 Å². The van der Waals surface area contributed by atoms with E-state index < -0.39 is 0 Å². The van der Waals surface area contributed by atoms with Gasteiger partial charge in [-0.3, -0.25) is 4.79 Å². The van der Waals surface area contributed by atoms with Gasteiger partial charge in [-0.1, -0.05) is 31.5 Å². The van der Waals surface area contributed by atoms with Crippen LogP contribution >= 0.6 is 11.6 Å². The summed E-state index contributed by atoms with van der Waals surface area (Å²) in [7, 11) is 0. The summed E-state index contributed by atoms with van der Waals surface area (Å²) in [4.78, 5) is 22.3. The highest BCUT2D eigenvalue weighted by Crippen LogP contribution is 2.33. The van der Waals surface area contributed by atoms with E-state index in [-0.39, 0.29) is 17.4 Å². The molecule has 0 amide bonds. The van der Waals surface area contributed by atoms with E-state index in [4.69, 9.17) is 16.3 Å². The average molecular weight is 321 g/mol. The Labute approximate surface area is 133 Å². The fourth-order valence-corrected chi connectivity index (χ4v) is 2.46. The zero-order valence-corrected chi connectivity index (χ0v) is 13.4. The molecule has 0 fully saturated rings. The van der Waals surface area contributed by atoms with Gasteiger partial charge in [0.15, 0.2) is 5.75 Å². The molecule has 22 heavy (non-hydrogen) atoms. The van der Waals surface area contributed by atoms with Crippen LogP contribution in [0.5, 0.6) is 11.6 Å². The maximum absolute atomic E-state index is 11.7. The van der Waals surface area contributed by atoms with Crippen LogP contribution in [0.1, 0.15) is 36.5 Å². The molecule has 2 aromatic rings. The van der Waals surface area contributed by atoms with Crippen molar-refractivity contribution in [3.63, 3.8) is 0 Å². The number of hydrogen-bond acceptors (Lipinski definition) is 4. The second kappa shape index (κ2) is 6.75. The molecule has 1 heterocycles. The van der Waals surface area contributed by atoms with Gasteiger partial charge in [-0.25, -0.2) is 5.10 Å². The minimum atomic E-state index is -0.230. The van der Waals surface area contributed by atoms with E-state index in [1.54, 1.807) is 12.1 Å². The summed E-state index contributed by atoms with van der Waals surface area (Å²) in [5.74, 6) is 0.794. The highest BCUT2D eigenvalue weighted by molar-refractivity contribution is 6.32. The fourth-order valence-electron chi connectivity index (χ4n) is 2.13. The number of halogens is 1. The molecule has 0 spiro atoms. The number of aromatic amines is 1. The topological polar surface area (TPSA) is 72.1 Å². The van der Waals surface area contributed by atoms with Crippen molar-refractivity contribution in [3.05, 3.63) is 50.3 Å². The Balaban J connectivity index is 2.37. The predicted molar refractivity (Wildman–Crippen MR) is 85.0 cm³/mol. The van der Waals surface area contributed by atoms with Crippen LogP contribution in [0.3, 0.4) is 0 Å². The van der Waals surface area contributed by atoms with Gasteiger partial charge in [0, 0.05) is 18.1 Å². The SMILES string of the molecule is Cc1cc(CC=O)cc(Cl)c1Oc1cc(C(C)C)c(=O)[nH]n1. The van der Waals surface area contributed by atoms with Crippen molar-refractivity contribution in [2.75, 3.05) is 0 Å². The highest BCUT2D eigenvalue weighted by atomic mass is 35.5. The molecule has 5 nitrogen and oxygen atoms in total. The molecule has 0 aliphatic rings. The number of aryl methyl sites for hydroxylation is 1. The molecule has 0 aliphatic heterocycles. The Hall–Kier alpha value is -2.14. The number of H-pyrrole nitrogens is 1. The lowest BCUT2D eigenvalue weighted by Gasteiger charge is -2.12. The molecule has 0 saturated carbocycles. The van der Waals surface area contributed by atoms with Crippen LogP contribution in [0.4, 0.5) is 0 Å². The Kier molecular flexibility index (Phi) is 4.98. The molecule has 0 unspecified atom stereocenters. The van der Waals surface area contributed by atoms with Gasteiger partial charge in [0.2, 0.25) is 5.88 Å². The summed E-state index contributed by atoms with van der Waals surface area (Å²) in [6.45, 7) is 5.67. The standard InChI is InChI=1S/C16H17ClN2O3/c1-9(2)12-8-14(18-19-16(12)21)22-15-10(3)6-11(4-5-20)7-13(15)17/h5-9H,4H2,1-3H3,(H,19,21). The zero-order chi connectivity index (χ0) is 16.3. The summed E-state index contributed by atoms with van der Waals surface area (Å²) < 4.78 is 5.72. The number of rotatable bonds is 5. The lowest BCUT2D eigenvalue weighted by Crippen LogP contribution is -2.15. The number of hydrogen-bond donors (Lipinski definition) is 1. The first-order valence-corrected chi connectivity index (χ1v) is 7.30. The van der Waals surface area contributed by atoms with Crippen LogP contribution in [0.2, 0.25) is 5.02 Å². The molecule has 1 aromatic carbocycles. The quantitative estimate of drug-likeness (QED) is 0.857. The van der Waals surface area contributed by atoms with Crippen LogP contribution in [-0.2, 0) is 11.2 Å². The highest BCUT2D eigenvalue weighted by Gasteiger charge is 2.13. The molecule has 0 bridgehead atoms. The molecule has 2 rings (SSSR count). The smallest absolute Gasteiger partial charge is 0.267 e. The summed E-state index contributed by atoms with van der Waals surface area (Å²) in [6.07, 6.45) is 1.12. The van der Waals surface area contributed by atoms with E-state index in [1.165, 1.54) is 0 Å². The maximum atomic E-state index is 11.7. The Morgan fingerprint density at radius 3 is 2.68 bits per heavy atom. The van der Waals surface area contributed by atoms with Gasteiger partial charge in [-0.05, 0) is 30.0 Å². The summed E-state index contributed by atoms with van der Waals surface area (Å²) in [5.41, 5.74) is 1.98. The van der Waals surface area contributed by atoms with Crippen molar-refractivity contribution < 1.29 is 9.53 Å². The van der Waals surface area contributed by atoms with Gasteiger partial charge in [-0.2, -0.15) is 0 Å². The first kappa shape index (κ1) is 16.2. The van der Waals surface area contributed by atoms with Crippen molar-refractivity contribution in [3.8, 4) is 11.6 Å². The summed E-state index contributed by atoms with van der Waals surface area (Å²) in [6, 6.07) is 5.14. The molecule has 1 N–H and O–H groups in total. The maximum Gasteiger partial charge on any atom is 0.267 e. The van der Waals surface area contributed by atoms with Crippen molar-refractivity contribution >= 4 is 17.9 Å². The van der Waals surface area contributed by atoms with Gasteiger partial charge >= 0.3 is 0 Å². The number of benzene rings is 1. The van der Waals surface area contributed by atoms with Crippen molar-refractivity contribution in [2.24, 2.45) is 0 Å². The Bertz CT molecular complexity index is 730. The third kappa shape index (κ3) is 3.54. The zero-order valence-electron chi connectivity index (χ0n) is 12.6. The van der Waals surface area contributed by atoms with Gasteiger partial charge < -0.3 is 9.53 Å². The summed E-state index contributed by atoms with van der Waals surface area (Å²) >= 11 is 6.21. The van der Waals surface area contributed by atoms with Crippen molar-refractivity contribution in [1.82, 2.24) is 10.2 Å². The molecule has 0 saturated heterocycles. The number of nitrogens with one attached hydrogen (secondary N) is 1. The number of carbonyl (C=O) groups excluding carboxylic acids is 1. The van der Waals surface area contributed by atoms with Crippen LogP contribution in [0.25, 0.3) is 0 Å². The predicted octanol–water partition coefficient (Wildman–Crippen LogP) is 3.39. The van der Waals surface area contributed by atoms with Crippen LogP contribution in [0.15, 0.2) is 23.0 Å². The Morgan fingerprint density at radius 2 is 2.09 bits per heavy atom. The normalized spacial score (nSPS) is 10.8. The molecule has 1 aromatic heterocycles. The minimum absolute atomic E-state index is 0.0561. The monoisotopic (exact) mass is 320 g/mol. The second-order valence-corrected chi connectivity index (χ2v) is 5.75. The lowest BCUT2D eigenvalue weighted by molar-refractivity contribution is -0.107. The number of aromatic nitrogens is 2. The first-order valence-electron chi connectivity index (χ1n) is 6.92. The molecule has 116 valence electrons. The second-order valence-electron chi connectivity index (χ2n) is 5.34. The molecule has 0 atom stereocenters. The van der Waals surface area contributed by atoms with Crippen molar-refractivity contribution in [1.29, 1.82) is 0 Å². The van der Waals surface area contributed by atoms with Crippen LogP contribution in [0, 0.1) is 6.92 Å². The van der Waals surface area contributed by atoms with E-state index in [9.17, 15) is 9.59 Å². The molecular formula is C16H17ClN2O3. The number of aldehydes is 1. The Morgan fingerprint density at radius 1 is 1.36 bits per heavy atom. The van der Waals surface area contributed by atoms with Crippen molar-refractivity contribution in [2.45, 2.75) is 33.1 Å². The third-order valence-electron chi connectivity index (χ3n) is 3.25. The van der Waals surface area contributed by atoms with E-state index in [1.807, 2.05) is 26.8 Å². The molecule has 6 heteroatoms. The largest absolute Gasteiger partial charge is 0.436 e. The fraction of sp³-hybridized carbons (Fsp3) is 0.312. The van der Waals surface area contributed by atoms with Crippen LogP contribution < -0.4 is 10.3 Å². The van der Waals surface area contributed by atoms with Gasteiger partial charge in [-0.15, -0.1) is 5.10 Å². The number of nitrogens with zero attached hydrogens (tertiary/aromatic N) is 1. The molecule has 0 aliphatic carbocycles. The van der Waals surface area contributed by atoms with E-state index in [0.717, 1.165) is 17.4 Å². The molecular weight excluding hydrogens is 304 g/mol. The van der Waals surface area contributed by atoms with Crippen LogP contribution in [-0.4, -0.2) is 16.5 Å². The minimum Gasteiger partial charge on any atom is -0.436 e. The lowest BCUT2D eigenvalue weighted by atomic mass is 10.1. The number of carbonyl (C=O) groups is 1. The average Bonchev–Trinajstić information content (AvgIpc) is 2.44. The third-order valence-corrected chi connectivity index (χ3v) is 3.53. The van der Waals surface area contributed by atoms with Gasteiger partial charge in [0.1, 0.15) is 6.29 Å². The first-order chi connectivity index (χ1) is 10.4. The van der Waals surface area contributed by atoms with E-state index >= 15 is 0 Å². The van der Waals surface area contributed by atoms with E-state index in [2.05, 4.69) is 10.2 Å². The van der Waals surface area contributed by atoms with Gasteiger partial charge in [0.25, 0.3) is 5.56 Å².